The number of halogens is 1. The van der Waals surface area contributed by atoms with Crippen molar-refractivity contribution >= 4 is 24.3 Å². The summed E-state index contributed by atoms with van der Waals surface area (Å²) in [6.45, 7) is 2.71. The molecule has 0 aliphatic heterocycles. The van der Waals surface area contributed by atoms with Gasteiger partial charge >= 0.3 is 11.9 Å². The van der Waals surface area contributed by atoms with Crippen LogP contribution >= 0.6 is 12.4 Å². The zero-order valence-electron chi connectivity index (χ0n) is 6.96. The molecular weight excluding hydrogens is 186 g/mol. The zero-order chi connectivity index (χ0) is 8.69. The van der Waals surface area contributed by atoms with Crippen molar-refractivity contribution in [3.05, 3.63) is 0 Å². The highest BCUT2D eigenvalue weighted by Crippen LogP contribution is 1.74. The van der Waals surface area contributed by atoms with Crippen molar-refractivity contribution in [3.63, 3.8) is 0 Å². The van der Waals surface area contributed by atoms with Crippen molar-refractivity contribution in [2.24, 2.45) is 0 Å². The van der Waals surface area contributed by atoms with Crippen LogP contribution in [0.15, 0.2) is 0 Å². The summed E-state index contributed by atoms with van der Waals surface area (Å²) in [5.74, 6) is -0.749. The van der Waals surface area contributed by atoms with Gasteiger partial charge in [-0.25, -0.2) is 0 Å². The number of carbonyl (C=O) groups excluding carboxylic acids is 2. The van der Waals surface area contributed by atoms with Crippen LogP contribution in [-0.2, 0) is 19.1 Å². The van der Waals surface area contributed by atoms with Crippen LogP contribution in [0.4, 0.5) is 0 Å². The second kappa shape index (κ2) is 8.29. The van der Waals surface area contributed by atoms with Gasteiger partial charge in [-0.05, 0) is 0 Å². The van der Waals surface area contributed by atoms with Gasteiger partial charge in [0.1, 0.15) is 13.5 Å². The molecule has 0 aromatic carbocycles. The van der Waals surface area contributed by atoms with E-state index in [1.54, 1.807) is 0 Å². The van der Waals surface area contributed by atoms with E-state index in [0.717, 1.165) is 0 Å². The maximum atomic E-state index is 10.2. The maximum Gasteiger partial charge on any atom is 0.303 e. The molecule has 5 nitrogen and oxygen atoms in total. The molecule has 72 valence electrons. The topological polar surface area (TPSA) is 64.6 Å². The fourth-order valence-electron chi connectivity index (χ4n) is 0.347. The van der Waals surface area contributed by atoms with Gasteiger partial charge in [-0.2, -0.15) is 0 Å². The monoisotopic (exact) mass is 197 g/mol. The molecule has 0 rings (SSSR count). The number of hydrogen-bond acceptors (Lipinski definition) is 5. The SMILES string of the molecule is CC(=O)OCNCOC(C)=O.Cl. The summed E-state index contributed by atoms with van der Waals surface area (Å²) in [7, 11) is 0. The van der Waals surface area contributed by atoms with Crippen molar-refractivity contribution in [2.75, 3.05) is 13.5 Å². The highest BCUT2D eigenvalue weighted by atomic mass is 35.5. The third kappa shape index (κ3) is 11.9. The molecule has 0 saturated heterocycles. The van der Waals surface area contributed by atoms with Gasteiger partial charge < -0.3 is 9.47 Å². The standard InChI is InChI=1S/C6H11NO4.ClH/c1-5(8)10-3-7-4-11-6(2)9;/h7H,3-4H2,1-2H3;1H. The molecule has 0 heterocycles. The van der Waals surface area contributed by atoms with Crippen molar-refractivity contribution in [1.82, 2.24) is 5.32 Å². The molecule has 0 fully saturated rings. The lowest BCUT2D eigenvalue weighted by Crippen LogP contribution is -2.23. The Labute approximate surface area is 76.8 Å². The lowest BCUT2D eigenvalue weighted by Gasteiger charge is -2.03. The summed E-state index contributed by atoms with van der Waals surface area (Å²) in [6.07, 6.45) is 0. The van der Waals surface area contributed by atoms with Crippen LogP contribution in [0.3, 0.4) is 0 Å². The van der Waals surface area contributed by atoms with Gasteiger partial charge in [0.25, 0.3) is 0 Å². The number of hydrogen-bond donors (Lipinski definition) is 1. The van der Waals surface area contributed by atoms with Gasteiger partial charge in [0, 0.05) is 13.8 Å². The molecule has 0 amide bonds. The summed E-state index contributed by atoms with van der Waals surface area (Å²) in [5.41, 5.74) is 0. The van der Waals surface area contributed by atoms with Gasteiger partial charge in [-0.3, -0.25) is 14.9 Å². The fraction of sp³-hybridized carbons (Fsp3) is 0.667. The zero-order valence-corrected chi connectivity index (χ0v) is 7.77. The number of carbonyl (C=O) groups is 2. The molecule has 0 saturated carbocycles. The van der Waals surface area contributed by atoms with Crippen LogP contribution in [0.25, 0.3) is 0 Å². The molecule has 0 aliphatic carbocycles. The van der Waals surface area contributed by atoms with E-state index in [4.69, 9.17) is 0 Å². The van der Waals surface area contributed by atoms with E-state index in [0.29, 0.717) is 0 Å². The summed E-state index contributed by atoms with van der Waals surface area (Å²) >= 11 is 0. The Morgan fingerprint density at radius 1 is 1.08 bits per heavy atom. The third-order valence-corrected chi connectivity index (χ3v) is 0.755. The normalized spacial score (nSPS) is 8.17. The minimum absolute atomic E-state index is 0. The summed E-state index contributed by atoms with van der Waals surface area (Å²) in [6, 6.07) is 0. The van der Waals surface area contributed by atoms with Crippen molar-refractivity contribution in [2.45, 2.75) is 13.8 Å². The molecule has 0 atom stereocenters. The highest BCUT2D eigenvalue weighted by molar-refractivity contribution is 5.85. The number of nitrogens with one attached hydrogen (secondary N) is 1. The van der Waals surface area contributed by atoms with Crippen LogP contribution in [0.5, 0.6) is 0 Å². The number of ether oxygens (including phenoxy) is 2. The van der Waals surface area contributed by atoms with Crippen molar-refractivity contribution in [1.29, 1.82) is 0 Å². The molecule has 0 radical (unpaired) electrons. The molecule has 0 aromatic rings. The van der Waals surface area contributed by atoms with Gasteiger partial charge in [-0.15, -0.1) is 12.4 Å². The molecule has 0 aromatic heterocycles. The third-order valence-electron chi connectivity index (χ3n) is 0.755. The van der Waals surface area contributed by atoms with E-state index >= 15 is 0 Å². The fourth-order valence-corrected chi connectivity index (χ4v) is 0.347. The largest absolute Gasteiger partial charge is 0.450 e. The average Bonchev–Trinajstić information content (AvgIpc) is 1.85. The van der Waals surface area contributed by atoms with E-state index < -0.39 is 0 Å². The van der Waals surface area contributed by atoms with E-state index in [1.807, 2.05) is 0 Å². The van der Waals surface area contributed by atoms with Crippen LogP contribution in [0.1, 0.15) is 13.8 Å². The second-order valence-corrected chi connectivity index (χ2v) is 1.81. The Kier molecular flexibility index (Phi) is 9.50. The van der Waals surface area contributed by atoms with Crippen molar-refractivity contribution in [3.8, 4) is 0 Å². The number of rotatable bonds is 4. The summed E-state index contributed by atoms with van der Waals surface area (Å²) < 4.78 is 8.96. The van der Waals surface area contributed by atoms with Gasteiger partial charge in [0.15, 0.2) is 0 Å². The van der Waals surface area contributed by atoms with E-state index in [-0.39, 0.29) is 37.8 Å². The lowest BCUT2D eigenvalue weighted by molar-refractivity contribution is -0.144. The molecule has 1 N–H and O–H groups in total. The first-order valence-electron chi connectivity index (χ1n) is 3.10. The first-order valence-corrected chi connectivity index (χ1v) is 3.10. The van der Waals surface area contributed by atoms with E-state index in [2.05, 4.69) is 14.8 Å². The lowest BCUT2D eigenvalue weighted by atomic mass is 10.8. The predicted octanol–water partition coefficient (Wildman–Crippen LogP) is 0.0390. The molecule has 0 aliphatic rings. The van der Waals surface area contributed by atoms with Crippen LogP contribution in [0, 0.1) is 0 Å². The Morgan fingerprint density at radius 2 is 1.42 bits per heavy atom. The minimum Gasteiger partial charge on any atom is -0.450 e. The Morgan fingerprint density at radius 3 is 1.67 bits per heavy atom. The summed E-state index contributed by atoms with van der Waals surface area (Å²) in [5, 5.41) is 2.56. The van der Waals surface area contributed by atoms with Crippen molar-refractivity contribution < 1.29 is 19.1 Å². The maximum absolute atomic E-state index is 10.2. The molecule has 0 bridgehead atoms. The average molecular weight is 198 g/mol. The Balaban J connectivity index is 0. The van der Waals surface area contributed by atoms with Crippen LogP contribution in [-0.4, -0.2) is 25.4 Å². The Hall–Kier alpha value is -0.810. The smallest absolute Gasteiger partial charge is 0.303 e. The highest BCUT2D eigenvalue weighted by Gasteiger charge is 1.92. The van der Waals surface area contributed by atoms with Gasteiger partial charge in [-0.1, -0.05) is 0 Å². The molecular formula is C6H12ClNO4. The van der Waals surface area contributed by atoms with E-state index in [1.165, 1.54) is 13.8 Å². The minimum atomic E-state index is -0.375. The van der Waals surface area contributed by atoms with Crippen LogP contribution < -0.4 is 5.32 Å². The Bertz CT molecular complexity index is 134. The predicted molar refractivity (Wildman–Crippen MR) is 43.6 cm³/mol. The first-order chi connectivity index (χ1) is 5.13. The van der Waals surface area contributed by atoms with E-state index in [9.17, 15) is 9.59 Å². The second-order valence-electron chi connectivity index (χ2n) is 1.81. The molecule has 0 unspecified atom stereocenters. The summed E-state index contributed by atoms with van der Waals surface area (Å²) in [4.78, 5) is 20.3. The molecule has 6 heteroatoms. The van der Waals surface area contributed by atoms with Gasteiger partial charge in [0.05, 0.1) is 0 Å². The first kappa shape index (κ1) is 13.8. The van der Waals surface area contributed by atoms with Gasteiger partial charge in [0.2, 0.25) is 0 Å². The quantitative estimate of drug-likeness (QED) is 0.392. The molecule has 0 spiro atoms. The van der Waals surface area contributed by atoms with Crippen LogP contribution in [0.2, 0.25) is 0 Å². The number of esters is 2. The molecule has 12 heavy (non-hydrogen) atoms.